The molecule has 0 unspecified atom stereocenters. The molecule has 0 spiro atoms. The molecule has 0 aromatic heterocycles. The zero-order valence-corrected chi connectivity index (χ0v) is 19.0. The van der Waals surface area contributed by atoms with E-state index in [0.717, 1.165) is 30.0 Å². The minimum absolute atomic E-state index is 0.00424. The maximum atomic E-state index is 13.5. The Bertz CT molecular complexity index is 1010. The highest BCUT2D eigenvalue weighted by atomic mass is 35.5. The Hall–Kier alpha value is -2.60. The summed E-state index contributed by atoms with van der Waals surface area (Å²) in [4.78, 5) is 25.4. The minimum Gasteiger partial charge on any atom is -0.484 e. The van der Waals surface area contributed by atoms with Crippen molar-refractivity contribution in [3.8, 4) is 5.75 Å². The Labute approximate surface area is 192 Å². The molecule has 170 valence electrons. The van der Waals surface area contributed by atoms with Crippen molar-refractivity contribution in [3.05, 3.63) is 64.4 Å². The number of ether oxygens (including phenoxy) is 1. The lowest BCUT2D eigenvalue weighted by Gasteiger charge is -2.50. The molecule has 2 N–H and O–H groups in total. The molecule has 5 nitrogen and oxygen atoms in total. The molecular weight excluding hydrogens is 431 g/mol. The lowest BCUT2D eigenvalue weighted by molar-refractivity contribution is -0.136. The molecule has 2 aromatic carbocycles. The number of carbonyl (C=O) groups excluding carboxylic acids is 2. The molecule has 3 aliphatic rings. The molecule has 3 atom stereocenters. The van der Waals surface area contributed by atoms with Gasteiger partial charge in [0.1, 0.15) is 11.6 Å². The number of hydrogen-bond donors (Lipinski definition) is 2. The Morgan fingerprint density at radius 1 is 1.16 bits per heavy atom. The molecule has 32 heavy (non-hydrogen) atoms. The highest BCUT2D eigenvalue weighted by molar-refractivity contribution is 6.30. The molecule has 3 saturated carbocycles. The second kappa shape index (κ2) is 9.49. The molecule has 2 amide bonds. The molecule has 0 radical (unpaired) electrons. The number of amides is 2. The van der Waals surface area contributed by atoms with Crippen LogP contribution in [0.15, 0.2) is 42.5 Å². The first-order valence-electron chi connectivity index (χ1n) is 11.0. The van der Waals surface area contributed by atoms with Crippen LogP contribution in [-0.2, 0) is 9.59 Å². The molecule has 3 fully saturated rings. The van der Waals surface area contributed by atoms with E-state index < -0.39 is 5.82 Å². The molecule has 0 saturated heterocycles. The first-order valence-corrected chi connectivity index (χ1v) is 11.4. The summed E-state index contributed by atoms with van der Waals surface area (Å²) in [5.41, 5.74) is 2.25. The second-order valence-corrected chi connectivity index (χ2v) is 9.42. The van der Waals surface area contributed by atoms with Gasteiger partial charge >= 0.3 is 0 Å². The predicted molar refractivity (Wildman–Crippen MR) is 121 cm³/mol. The number of fused-ring (bicyclic) bond motifs is 2. The number of hydrogen-bond acceptors (Lipinski definition) is 3. The molecule has 7 heteroatoms. The van der Waals surface area contributed by atoms with Crippen molar-refractivity contribution in [1.82, 2.24) is 10.6 Å². The summed E-state index contributed by atoms with van der Waals surface area (Å²) in [6.45, 7) is 3.82. The first-order chi connectivity index (χ1) is 15.3. The molecule has 0 aliphatic heterocycles. The van der Waals surface area contributed by atoms with Crippen LogP contribution in [0.1, 0.15) is 43.4 Å². The third-order valence-corrected chi connectivity index (χ3v) is 7.01. The summed E-state index contributed by atoms with van der Waals surface area (Å²) < 4.78 is 18.9. The third kappa shape index (κ3) is 5.07. The molecular formula is C25H28ClFN2O3. The quantitative estimate of drug-likeness (QED) is 0.638. The number of benzene rings is 2. The topological polar surface area (TPSA) is 67.4 Å². The highest BCUT2D eigenvalue weighted by Crippen LogP contribution is 2.49. The zero-order valence-electron chi connectivity index (χ0n) is 18.2. The second-order valence-electron chi connectivity index (χ2n) is 9.02. The van der Waals surface area contributed by atoms with Gasteiger partial charge < -0.3 is 15.4 Å². The van der Waals surface area contributed by atoms with Gasteiger partial charge in [0.2, 0.25) is 5.91 Å². The normalized spacial score (nSPS) is 24.8. The summed E-state index contributed by atoms with van der Waals surface area (Å²) in [6.07, 6.45) is 2.53. The van der Waals surface area contributed by atoms with Gasteiger partial charge in [-0.25, -0.2) is 4.39 Å². The third-order valence-electron chi connectivity index (χ3n) is 6.70. The number of aryl methyl sites for hydroxylation is 1. The SMILES string of the molecule is Cc1cccc([C@H](C)NC(=O)[C@@H]2C[C@H](NC(=O)COc3ccc(Cl)c(F)c3)C3CC2C3)c1. The van der Waals surface area contributed by atoms with Crippen LogP contribution in [0, 0.1) is 30.5 Å². The summed E-state index contributed by atoms with van der Waals surface area (Å²) >= 11 is 5.66. The molecule has 5 rings (SSSR count). The van der Waals surface area contributed by atoms with Crippen LogP contribution in [-0.4, -0.2) is 24.5 Å². The fourth-order valence-corrected chi connectivity index (χ4v) is 4.95. The van der Waals surface area contributed by atoms with Gasteiger partial charge in [-0.15, -0.1) is 0 Å². The Kier molecular flexibility index (Phi) is 6.70. The van der Waals surface area contributed by atoms with Gasteiger partial charge in [0.05, 0.1) is 11.1 Å². The monoisotopic (exact) mass is 458 g/mol. The number of carbonyl (C=O) groups is 2. The lowest BCUT2D eigenvalue weighted by Crippen LogP contribution is -2.57. The van der Waals surface area contributed by atoms with Gasteiger partial charge in [0, 0.05) is 18.0 Å². The fraction of sp³-hybridized carbons (Fsp3) is 0.440. The van der Waals surface area contributed by atoms with Crippen LogP contribution < -0.4 is 15.4 Å². The van der Waals surface area contributed by atoms with Crippen LogP contribution >= 0.6 is 11.6 Å². The van der Waals surface area contributed by atoms with Gasteiger partial charge in [-0.3, -0.25) is 9.59 Å². The van der Waals surface area contributed by atoms with Crippen LogP contribution in [0.25, 0.3) is 0 Å². The van der Waals surface area contributed by atoms with E-state index >= 15 is 0 Å². The van der Waals surface area contributed by atoms with Gasteiger partial charge in [-0.1, -0.05) is 41.4 Å². The Morgan fingerprint density at radius 3 is 2.66 bits per heavy atom. The van der Waals surface area contributed by atoms with Crippen molar-refractivity contribution < 1.29 is 18.7 Å². The predicted octanol–water partition coefficient (Wildman–Crippen LogP) is 4.57. The largest absolute Gasteiger partial charge is 0.484 e. The smallest absolute Gasteiger partial charge is 0.258 e. The summed E-state index contributed by atoms with van der Waals surface area (Å²) in [5, 5.41) is 6.18. The van der Waals surface area contributed by atoms with Crippen molar-refractivity contribution in [1.29, 1.82) is 0 Å². The maximum absolute atomic E-state index is 13.5. The van der Waals surface area contributed by atoms with Gasteiger partial charge in [-0.2, -0.15) is 0 Å². The minimum atomic E-state index is -0.592. The van der Waals surface area contributed by atoms with E-state index in [4.69, 9.17) is 16.3 Å². The van der Waals surface area contributed by atoms with E-state index in [-0.39, 0.29) is 47.2 Å². The van der Waals surface area contributed by atoms with Crippen molar-refractivity contribution in [2.45, 2.75) is 45.2 Å². The van der Waals surface area contributed by atoms with E-state index in [2.05, 4.69) is 16.7 Å². The lowest BCUT2D eigenvalue weighted by atomic mass is 9.57. The average molecular weight is 459 g/mol. The van der Waals surface area contributed by atoms with Crippen molar-refractivity contribution in [3.63, 3.8) is 0 Å². The number of rotatable bonds is 7. The zero-order chi connectivity index (χ0) is 22.8. The standard InChI is InChI=1S/C25H28ClFN2O3/c1-14-4-3-5-16(8-14)15(2)28-25(31)20-12-23(18-9-17(20)10-18)29-24(30)13-32-19-6-7-21(26)22(27)11-19/h3-8,11,15,17-18,20,23H,9-10,12-13H2,1-2H3,(H,28,31)(H,29,30)/t15-,17?,18?,20+,23-/m0/s1. The van der Waals surface area contributed by atoms with Crippen LogP contribution in [0.5, 0.6) is 5.75 Å². The van der Waals surface area contributed by atoms with E-state index in [0.29, 0.717) is 18.3 Å². The van der Waals surface area contributed by atoms with Crippen LogP contribution in [0.3, 0.4) is 0 Å². The highest BCUT2D eigenvalue weighted by Gasteiger charge is 2.49. The van der Waals surface area contributed by atoms with E-state index in [1.165, 1.54) is 12.1 Å². The molecule has 2 aromatic rings. The van der Waals surface area contributed by atoms with E-state index in [1.807, 2.05) is 32.0 Å². The van der Waals surface area contributed by atoms with Gasteiger partial charge in [0.25, 0.3) is 5.91 Å². The van der Waals surface area contributed by atoms with Crippen molar-refractivity contribution in [2.24, 2.45) is 17.8 Å². The van der Waals surface area contributed by atoms with Gasteiger partial charge in [-0.05, 0) is 62.6 Å². The van der Waals surface area contributed by atoms with Crippen LogP contribution in [0.2, 0.25) is 5.02 Å². The van der Waals surface area contributed by atoms with Crippen molar-refractivity contribution >= 4 is 23.4 Å². The number of nitrogens with one attached hydrogen (secondary N) is 2. The fourth-order valence-electron chi connectivity index (χ4n) is 4.83. The average Bonchev–Trinajstić information content (AvgIpc) is 2.73. The molecule has 2 bridgehead atoms. The summed E-state index contributed by atoms with van der Waals surface area (Å²) in [5.74, 6) is 0.102. The van der Waals surface area contributed by atoms with Crippen molar-refractivity contribution in [2.75, 3.05) is 6.61 Å². The molecule has 0 heterocycles. The maximum Gasteiger partial charge on any atom is 0.258 e. The van der Waals surface area contributed by atoms with Crippen LogP contribution in [0.4, 0.5) is 4.39 Å². The number of halogens is 2. The summed E-state index contributed by atoms with van der Waals surface area (Å²) in [6, 6.07) is 12.1. The Morgan fingerprint density at radius 2 is 1.94 bits per heavy atom. The Balaban J connectivity index is 1.30. The van der Waals surface area contributed by atoms with Gasteiger partial charge in [0.15, 0.2) is 6.61 Å². The summed E-state index contributed by atoms with van der Waals surface area (Å²) in [7, 11) is 0. The first kappa shape index (κ1) is 22.6. The van der Waals surface area contributed by atoms with E-state index in [9.17, 15) is 14.0 Å². The van der Waals surface area contributed by atoms with E-state index in [1.54, 1.807) is 0 Å². The molecule has 3 aliphatic carbocycles.